The molecule has 0 spiro atoms. The summed E-state index contributed by atoms with van der Waals surface area (Å²) in [5.74, 6) is -0.955. The first-order valence-corrected chi connectivity index (χ1v) is 4.52. The first kappa shape index (κ1) is 12.1. The van der Waals surface area contributed by atoms with Gasteiger partial charge in [0.1, 0.15) is 0 Å². The van der Waals surface area contributed by atoms with Crippen molar-refractivity contribution in [2.45, 2.75) is 0 Å². The molecule has 0 fully saturated rings. The van der Waals surface area contributed by atoms with Crippen LogP contribution in [0.15, 0.2) is 16.9 Å². The number of halogens is 3. The molecule has 0 saturated heterocycles. The summed E-state index contributed by atoms with van der Waals surface area (Å²) < 4.78 is 1.38. The van der Waals surface area contributed by atoms with E-state index in [1.807, 2.05) is 22.6 Å². The highest BCUT2D eigenvalue weighted by molar-refractivity contribution is 14.1. The SMILES string of the molecule is Cl.O=C(O)c1cncc(Br)c1I. The highest BCUT2D eigenvalue weighted by Gasteiger charge is 2.09. The summed E-state index contributed by atoms with van der Waals surface area (Å²) in [7, 11) is 0. The number of rotatable bonds is 1. The van der Waals surface area contributed by atoms with Crippen LogP contribution in [0.5, 0.6) is 0 Å². The van der Waals surface area contributed by atoms with Crippen molar-refractivity contribution < 1.29 is 9.90 Å². The summed E-state index contributed by atoms with van der Waals surface area (Å²) >= 11 is 5.13. The van der Waals surface area contributed by atoms with Crippen LogP contribution < -0.4 is 0 Å². The number of carbonyl (C=O) groups is 1. The van der Waals surface area contributed by atoms with E-state index in [1.54, 1.807) is 6.20 Å². The molecule has 0 amide bonds. The monoisotopic (exact) mass is 363 g/mol. The molecule has 0 atom stereocenters. The van der Waals surface area contributed by atoms with Crippen molar-refractivity contribution in [1.29, 1.82) is 0 Å². The lowest BCUT2D eigenvalue weighted by molar-refractivity contribution is 0.0695. The molecule has 12 heavy (non-hydrogen) atoms. The van der Waals surface area contributed by atoms with E-state index in [0.717, 1.165) is 0 Å². The van der Waals surface area contributed by atoms with Crippen molar-refractivity contribution in [3.8, 4) is 0 Å². The number of hydrogen-bond donors (Lipinski definition) is 1. The Morgan fingerprint density at radius 2 is 2.17 bits per heavy atom. The molecule has 0 radical (unpaired) electrons. The molecule has 0 unspecified atom stereocenters. The Hall–Kier alpha value is 0.120. The van der Waals surface area contributed by atoms with Crippen LogP contribution in [0.25, 0.3) is 0 Å². The molecule has 3 nitrogen and oxygen atoms in total. The predicted molar refractivity (Wildman–Crippen MR) is 58.9 cm³/mol. The Balaban J connectivity index is 0.00000121. The van der Waals surface area contributed by atoms with E-state index in [1.165, 1.54) is 6.20 Å². The summed E-state index contributed by atoms with van der Waals surface area (Å²) in [4.78, 5) is 14.2. The molecule has 0 aliphatic rings. The quantitative estimate of drug-likeness (QED) is 0.780. The highest BCUT2D eigenvalue weighted by atomic mass is 127. The van der Waals surface area contributed by atoms with E-state index in [-0.39, 0.29) is 18.0 Å². The first-order chi connectivity index (χ1) is 5.13. The van der Waals surface area contributed by atoms with Gasteiger partial charge in [-0.05, 0) is 38.5 Å². The summed E-state index contributed by atoms with van der Waals surface area (Å²) in [5, 5.41) is 8.62. The normalized spacial score (nSPS) is 8.83. The average molecular weight is 364 g/mol. The maximum absolute atomic E-state index is 10.5. The lowest BCUT2D eigenvalue weighted by Crippen LogP contribution is -2.00. The summed E-state index contributed by atoms with van der Waals surface area (Å²) in [6.07, 6.45) is 2.89. The Morgan fingerprint density at radius 1 is 1.58 bits per heavy atom. The molecule has 0 aliphatic heterocycles. The van der Waals surface area contributed by atoms with E-state index < -0.39 is 5.97 Å². The third-order valence-electron chi connectivity index (χ3n) is 1.07. The smallest absolute Gasteiger partial charge is 0.338 e. The molecule has 1 heterocycles. The minimum Gasteiger partial charge on any atom is -0.478 e. The number of aromatic carboxylic acids is 1. The summed E-state index contributed by atoms with van der Waals surface area (Å²) in [6.45, 7) is 0. The van der Waals surface area contributed by atoms with Gasteiger partial charge in [0.05, 0.1) is 10.0 Å². The molecule has 0 aliphatic carbocycles. The van der Waals surface area contributed by atoms with E-state index in [4.69, 9.17) is 5.11 Å². The van der Waals surface area contributed by atoms with Gasteiger partial charge in [-0.25, -0.2) is 4.79 Å². The van der Waals surface area contributed by atoms with E-state index in [2.05, 4.69) is 20.9 Å². The third kappa shape index (κ3) is 2.56. The average Bonchev–Trinajstić information content (AvgIpc) is 1.94. The van der Waals surface area contributed by atoms with Gasteiger partial charge in [0.15, 0.2) is 0 Å². The highest BCUT2D eigenvalue weighted by Crippen LogP contribution is 2.20. The molecule has 0 aromatic carbocycles. The molecule has 0 bridgehead atoms. The molecule has 1 N–H and O–H groups in total. The number of nitrogens with zero attached hydrogens (tertiary/aromatic N) is 1. The van der Waals surface area contributed by atoms with Crippen LogP contribution in [0.1, 0.15) is 10.4 Å². The second-order valence-electron chi connectivity index (χ2n) is 1.79. The Kier molecular flexibility index (Phi) is 5.03. The Labute approximate surface area is 97.3 Å². The first-order valence-electron chi connectivity index (χ1n) is 2.65. The van der Waals surface area contributed by atoms with Crippen LogP contribution in [0.2, 0.25) is 0 Å². The van der Waals surface area contributed by atoms with Crippen LogP contribution >= 0.6 is 50.9 Å². The zero-order valence-corrected chi connectivity index (χ0v) is 10.2. The van der Waals surface area contributed by atoms with Crippen LogP contribution in [-0.2, 0) is 0 Å². The van der Waals surface area contributed by atoms with Gasteiger partial charge in [-0.1, -0.05) is 0 Å². The summed E-state index contributed by atoms with van der Waals surface area (Å²) in [6, 6.07) is 0. The van der Waals surface area contributed by atoms with Crippen LogP contribution in [-0.4, -0.2) is 16.1 Å². The van der Waals surface area contributed by atoms with Gasteiger partial charge in [0, 0.05) is 16.0 Å². The zero-order valence-electron chi connectivity index (χ0n) is 5.62. The van der Waals surface area contributed by atoms with Crippen molar-refractivity contribution in [2.24, 2.45) is 0 Å². The van der Waals surface area contributed by atoms with E-state index >= 15 is 0 Å². The van der Waals surface area contributed by atoms with Gasteiger partial charge in [0.2, 0.25) is 0 Å². The summed E-state index contributed by atoms with van der Waals surface area (Å²) in [5.41, 5.74) is 0.222. The van der Waals surface area contributed by atoms with Crippen molar-refractivity contribution >= 4 is 56.9 Å². The van der Waals surface area contributed by atoms with Gasteiger partial charge in [0.25, 0.3) is 0 Å². The van der Waals surface area contributed by atoms with Gasteiger partial charge in [-0.3, -0.25) is 4.98 Å². The van der Waals surface area contributed by atoms with Gasteiger partial charge < -0.3 is 5.11 Å². The van der Waals surface area contributed by atoms with Crippen LogP contribution in [0.3, 0.4) is 0 Å². The maximum atomic E-state index is 10.5. The standard InChI is InChI=1S/C6H3BrINO2.ClH/c7-4-2-9-1-3(5(4)8)6(10)11;/h1-2H,(H,10,11);1H. The maximum Gasteiger partial charge on any atom is 0.338 e. The van der Waals surface area contributed by atoms with Crippen LogP contribution in [0, 0.1) is 3.57 Å². The molecule has 0 saturated carbocycles. The molecule has 6 heteroatoms. The minimum absolute atomic E-state index is 0. The fourth-order valence-corrected chi connectivity index (χ4v) is 1.41. The number of hydrogen-bond acceptors (Lipinski definition) is 2. The number of aromatic nitrogens is 1. The Bertz CT molecular complexity index is 308. The molecule has 1 aromatic heterocycles. The number of carboxylic acids is 1. The minimum atomic E-state index is -0.955. The third-order valence-corrected chi connectivity index (χ3v) is 3.57. The van der Waals surface area contributed by atoms with Gasteiger partial charge in [-0.15, -0.1) is 12.4 Å². The fourth-order valence-electron chi connectivity index (χ4n) is 0.568. The van der Waals surface area contributed by atoms with Crippen molar-refractivity contribution in [3.63, 3.8) is 0 Å². The molecular weight excluding hydrogens is 360 g/mol. The van der Waals surface area contributed by atoms with E-state index in [0.29, 0.717) is 8.04 Å². The molecule has 1 aromatic rings. The van der Waals surface area contributed by atoms with Gasteiger partial charge in [-0.2, -0.15) is 0 Å². The van der Waals surface area contributed by atoms with E-state index in [9.17, 15) is 4.79 Å². The number of pyridine rings is 1. The lowest BCUT2D eigenvalue weighted by atomic mass is 10.3. The topological polar surface area (TPSA) is 50.2 Å². The molecule has 66 valence electrons. The second-order valence-corrected chi connectivity index (χ2v) is 3.72. The lowest BCUT2D eigenvalue weighted by Gasteiger charge is -1.98. The number of carboxylic acid groups (broad SMARTS) is 1. The molecular formula is C6H4BrClINO2. The van der Waals surface area contributed by atoms with Crippen LogP contribution in [0.4, 0.5) is 0 Å². The Morgan fingerprint density at radius 3 is 2.58 bits per heavy atom. The largest absolute Gasteiger partial charge is 0.478 e. The molecule has 1 rings (SSSR count). The zero-order chi connectivity index (χ0) is 8.43. The van der Waals surface area contributed by atoms with Crippen molar-refractivity contribution in [2.75, 3.05) is 0 Å². The van der Waals surface area contributed by atoms with Gasteiger partial charge >= 0.3 is 5.97 Å². The van der Waals surface area contributed by atoms with Crippen molar-refractivity contribution in [3.05, 3.63) is 26.0 Å². The van der Waals surface area contributed by atoms with Crippen molar-refractivity contribution in [1.82, 2.24) is 4.98 Å². The fraction of sp³-hybridized carbons (Fsp3) is 0. The predicted octanol–water partition coefficient (Wildman–Crippen LogP) is 2.57. The second kappa shape index (κ2) is 4.98.